The summed E-state index contributed by atoms with van der Waals surface area (Å²) < 4.78 is 4.08. The molecule has 1 N–H and O–H groups in total. The van der Waals surface area contributed by atoms with Crippen LogP contribution in [0, 0.1) is 11.8 Å². The van der Waals surface area contributed by atoms with Crippen LogP contribution >= 0.6 is 11.8 Å². The monoisotopic (exact) mass is 524 g/mol. The van der Waals surface area contributed by atoms with E-state index in [2.05, 4.69) is 12.2 Å². The Hall–Kier alpha value is -2.58. The molecule has 1 unspecified atom stereocenters. The minimum absolute atomic E-state index is 0.145. The van der Waals surface area contributed by atoms with E-state index in [1.807, 2.05) is 56.3 Å². The van der Waals surface area contributed by atoms with Crippen LogP contribution in [0.1, 0.15) is 45.1 Å². The maximum atomic E-state index is 14.4. The van der Waals surface area contributed by atoms with E-state index in [0.717, 1.165) is 24.8 Å². The number of benzene rings is 1. The summed E-state index contributed by atoms with van der Waals surface area (Å²) in [7, 11) is 0. The van der Waals surface area contributed by atoms with E-state index in [0.29, 0.717) is 26.1 Å². The molecular formula is C29H36N2O5S. The highest BCUT2D eigenvalue weighted by atomic mass is 32.2. The lowest BCUT2D eigenvalue weighted by Crippen LogP contribution is -2.56. The Morgan fingerprint density at radius 2 is 1.86 bits per heavy atom. The van der Waals surface area contributed by atoms with Crippen molar-refractivity contribution in [3.05, 3.63) is 60.2 Å². The van der Waals surface area contributed by atoms with Crippen molar-refractivity contribution in [3.63, 3.8) is 0 Å². The maximum Gasteiger partial charge on any atom is 0.311 e. The third-order valence-electron chi connectivity index (χ3n) is 8.31. The lowest BCUT2D eigenvalue weighted by Gasteiger charge is -2.39. The van der Waals surface area contributed by atoms with Gasteiger partial charge in [-0.3, -0.25) is 14.4 Å². The molecule has 0 radical (unpaired) electrons. The number of fused-ring (bicyclic) bond motifs is 2. The smallest absolute Gasteiger partial charge is 0.311 e. The summed E-state index contributed by atoms with van der Waals surface area (Å²) in [6, 6.07) is 8.49. The average molecular weight is 525 g/mol. The summed E-state index contributed by atoms with van der Waals surface area (Å²) in [4.78, 5) is 45.6. The number of nitrogens with zero attached hydrogens (tertiary/aromatic N) is 2. The molecule has 2 saturated heterocycles. The molecule has 2 amide bonds. The molecule has 37 heavy (non-hydrogen) atoms. The predicted molar refractivity (Wildman–Crippen MR) is 142 cm³/mol. The number of hydrogen-bond acceptors (Lipinski definition) is 6. The fraction of sp³-hybridized carbons (Fsp3) is 0.552. The number of esters is 1. The molecule has 6 atom stereocenters. The number of thioether (sulfide) groups is 1. The molecule has 1 spiro atoms. The van der Waals surface area contributed by atoms with Crippen molar-refractivity contribution in [2.24, 2.45) is 11.8 Å². The van der Waals surface area contributed by atoms with Gasteiger partial charge < -0.3 is 19.6 Å². The number of rotatable bonds is 5. The lowest BCUT2D eigenvalue weighted by atomic mass is 9.74. The summed E-state index contributed by atoms with van der Waals surface area (Å²) in [5.41, 5.74) is 1.01. The minimum atomic E-state index is -0.932. The van der Waals surface area contributed by atoms with Gasteiger partial charge in [0.2, 0.25) is 11.8 Å². The Balaban J connectivity index is 1.62. The molecule has 5 rings (SSSR count). The number of likely N-dealkylation sites (tertiary alicyclic amines) is 1. The number of carbonyl (C=O) groups excluding carboxylic acids is 3. The maximum absolute atomic E-state index is 14.4. The molecule has 4 aliphatic heterocycles. The van der Waals surface area contributed by atoms with E-state index in [-0.39, 0.29) is 24.4 Å². The summed E-state index contributed by atoms with van der Waals surface area (Å²) in [5, 5.41) is 10.3. The van der Waals surface area contributed by atoms with Gasteiger partial charge in [0.15, 0.2) is 0 Å². The third-order valence-corrected chi connectivity index (χ3v) is 10.1. The van der Waals surface area contributed by atoms with Gasteiger partial charge in [-0.25, -0.2) is 0 Å². The molecule has 4 heterocycles. The fourth-order valence-electron chi connectivity index (χ4n) is 6.54. The number of aliphatic hydroxyl groups is 1. The van der Waals surface area contributed by atoms with Crippen LogP contribution in [0.15, 0.2) is 54.6 Å². The van der Waals surface area contributed by atoms with Gasteiger partial charge in [0.1, 0.15) is 6.04 Å². The number of hydrogen-bond donors (Lipinski definition) is 1. The highest BCUT2D eigenvalue weighted by Gasteiger charge is 2.74. The Bertz CT molecular complexity index is 1100. The second-order valence-electron chi connectivity index (χ2n) is 10.7. The number of aliphatic hydroxyl groups excluding tert-OH is 1. The Kier molecular flexibility index (Phi) is 7.24. The number of cyclic esters (lactones) is 1. The molecule has 198 valence electrons. The minimum Gasteiger partial charge on any atom is -0.465 e. The van der Waals surface area contributed by atoms with Gasteiger partial charge in [0, 0.05) is 17.8 Å². The molecule has 4 aliphatic rings. The van der Waals surface area contributed by atoms with Crippen molar-refractivity contribution >= 4 is 29.5 Å². The third kappa shape index (κ3) is 4.32. The first-order valence-corrected chi connectivity index (χ1v) is 14.2. The lowest BCUT2D eigenvalue weighted by molar-refractivity contribution is -0.155. The van der Waals surface area contributed by atoms with Crippen LogP contribution in [0.25, 0.3) is 0 Å². The fourth-order valence-corrected chi connectivity index (χ4v) is 8.68. The van der Waals surface area contributed by atoms with Gasteiger partial charge in [-0.15, -0.1) is 11.8 Å². The molecule has 0 aromatic heterocycles. The molecular weight excluding hydrogens is 488 g/mol. The first-order valence-electron chi connectivity index (χ1n) is 13.3. The van der Waals surface area contributed by atoms with Crippen molar-refractivity contribution in [1.82, 2.24) is 9.80 Å². The molecule has 0 aliphatic carbocycles. The first-order chi connectivity index (χ1) is 17.9. The normalized spacial score (nSPS) is 35.3. The predicted octanol–water partition coefficient (Wildman–Crippen LogP) is 3.33. The van der Waals surface area contributed by atoms with Crippen LogP contribution in [0.2, 0.25) is 0 Å². The van der Waals surface area contributed by atoms with Crippen LogP contribution in [-0.4, -0.2) is 74.0 Å². The molecule has 0 saturated carbocycles. The molecule has 0 bridgehead atoms. The highest BCUT2D eigenvalue weighted by Crippen LogP contribution is 2.65. The van der Waals surface area contributed by atoms with Gasteiger partial charge >= 0.3 is 5.97 Å². The summed E-state index contributed by atoms with van der Waals surface area (Å²) in [6.07, 6.45) is 11.3. The van der Waals surface area contributed by atoms with E-state index in [4.69, 9.17) is 4.74 Å². The Morgan fingerprint density at radius 1 is 1.08 bits per heavy atom. The number of carbonyl (C=O) groups is 3. The van der Waals surface area contributed by atoms with Gasteiger partial charge in [-0.05, 0) is 38.2 Å². The molecule has 1 aromatic carbocycles. The van der Waals surface area contributed by atoms with Gasteiger partial charge in [-0.2, -0.15) is 0 Å². The average Bonchev–Trinajstić information content (AvgIpc) is 3.23. The van der Waals surface area contributed by atoms with Gasteiger partial charge in [-0.1, -0.05) is 61.6 Å². The van der Waals surface area contributed by atoms with Crippen molar-refractivity contribution in [1.29, 1.82) is 0 Å². The molecule has 2 fully saturated rings. The number of ether oxygens (including phenoxy) is 1. The summed E-state index contributed by atoms with van der Waals surface area (Å²) in [5.74, 6) is -2.23. The van der Waals surface area contributed by atoms with Crippen LogP contribution in [0.3, 0.4) is 0 Å². The van der Waals surface area contributed by atoms with E-state index in [1.54, 1.807) is 21.6 Å². The quantitative estimate of drug-likeness (QED) is 0.470. The number of amides is 2. The van der Waals surface area contributed by atoms with E-state index in [1.165, 1.54) is 0 Å². The van der Waals surface area contributed by atoms with Crippen LogP contribution < -0.4 is 0 Å². The summed E-state index contributed by atoms with van der Waals surface area (Å²) in [6.45, 7) is 4.83. The second kappa shape index (κ2) is 10.3. The standard InChI is InChI=1S/C29H36N2O5S/c1-3-21(19-32)31-24-26(34)30(18-20-12-7-6-8-13-20)16-11-15-29(24)22(25(31)33)23-27(35)36-17-10-5-4-9-14-28(23,2)37-29/h6-9,11-15,21-24,32H,3-5,10,16-19H2,1-2H3/b14-9-/t21-,22-,23-,24?,28+,29-/m0/s1. The Morgan fingerprint density at radius 3 is 2.59 bits per heavy atom. The van der Waals surface area contributed by atoms with E-state index >= 15 is 0 Å². The SMILES string of the molecule is CC[C@@H](CO)N1C(=O)[C@@H]2[C@H]3C(=O)OCCCC/C=C\[C@@]3(C)S[C@@]23C=CCN(Cc2ccccc2)C(=O)C13. The summed E-state index contributed by atoms with van der Waals surface area (Å²) >= 11 is 1.55. The molecule has 8 heteroatoms. The van der Waals surface area contributed by atoms with Crippen molar-refractivity contribution < 1.29 is 24.2 Å². The van der Waals surface area contributed by atoms with E-state index in [9.17, 15) is 19.5 Å². The highest BCUT2D eigenvalue weighted by molar-refractivity contribution is 8.02. The zero-order valence-corrected chi connectivity index (χ0v) is 22.4. The zero-order valence-electron chi connectivity index (χ0n) is 21.5. The first kappa shape index (κ1) is 26.0. The van der Waals surface area contributed by atoms with Crippen LogP contribution in [0.5, 0.6) is 0 Å². The second-order valence-corrected chi connectivity index (χ2v) is 12.5. The largest absolute Gasteiger partial charge is 0.465 e. The van der Waals surface area contributed by atoms with Crippen LogP contribution in [-0.2, 0) is 25.7 Å². The zero-order chi connectivity index (χ0) is 26.2. The van der Waals surface area contributed by atoms with Gasteiger partial charge in [0.05, 0.1) is 35.8 Å². The van der Waals surface area contributed by atoms with Crippen molar-refractivity contribution in [2.75, 3.05) is 19.8 Å². The van der Waals surface area contributed by atoms with Crippen LogP contribution in [0.4, 0.5) is 0 Å². The van der Waals surface area contributed by atoms with Crippen molar-refractivity contribution in [3.8, 4) is 0 Å². The Labute approximate surface area is 222 Å². The molecule has 7 nitrogen and oxygen atoms in total. The topological polar surface area (TPSA) is 87.2 Å². The molecule has 1 aromatic rings. The van der Waals surface area contributed by atoms with Crippen molar-refractivity contribution in [2.45, 2.75) is 67.7 Å². The number of allylic oxidation sites excluding steroid dienone is 1. The van der Waals surface area contributed by atoms with Gasteiger partial charge in [0.25, 0.3) is 0 Å². The van der Waals surface area contributed by atoms with E-state index < -0.39 is 33.4 Å².